The summed E-state index contributed by atoms with van der Waals surface area (Å²) in [5, 5.41) is 11.9. The van der Waals surface area contributed by atoms with E-state index in [0.29, 0.717) is 11.3 Å². The van der Waals surface area contributed by atoms with E-state index in [4.69, 9.17) is 5.26 Å². The highest BCUT2D eigenvalue weighted by atomic mass is 16.1. The van der Waals surface area contributed by atoms with Gasteiger partial charge in [-0.15, -0.1) is 0 Å². The summed E-state index contributed by atoms with van der Waals surface area (Å²) in [7, 11) is 0. The summed E-state index contributed by atoms with van der Waals surface area (Å²) in [5.74, 6) is 0.0380. The second kappa shape index (κ2) is 7.76. The van der Waals surface area contributed by atoms with Crippen molar-refractivity contribution in [2.75, 3.05) is 18.4 Å². The van der Waals surface area contributed by atoms with Crippen molar-refractivity contribution >= 4 is 11.6 Å². The van der Waals surface area contributed by atoms with Crippen molar-refractivity contribution in [3.8, 4) is 6.07 Å². The molecule has 0 spiro atoms. The Hall–Kier alpha value is -2.64. The molecule has 1 heterocycles. The molecule has 1 amide bonds. The summed E-state index contributed by atoms with van der Waals surface area (Å²) in [6, 6.07) is 19.5. The van der Waals surface area contributed by atoms with Crippen LogP contribution in [0.2, 0.25) is 0 Å². The number of piperidine rings is 1. The van der Waals surface area contributed by atoms with Crippen molar-refractivity contribution in [3.05, 3.63) is 65.7 Å². The highest BCUT2D eigenvalue weighted by molar-refractivity contribution is 5.92. The number of likely N-dealkylation sites (tertiary alicyclic amines) is 1. The first-order chi connectivity index (χ1) is 11.7. The fourth-order valence-electron chi connectivity index (χ4n) is 3.17. The van der Waals surface area contributed by atoms with Crippen LogP contribution in [-0.2, 0) is 11.3 Å². The Balaban J connectivity index is 1.59. The number of hydrogen-bond acceptors (Lipinski definition) is 3. The molecule has 1 fully saturated rings. The average Bonchev–Trinajstić information content (AvgIpc) is 2.63. The van der Waals surface area contributed by atoms with Gasteiger partial charge in [-0.05, 0) is 43.1 Å². The minimum Gasteiger partial charge on any atom is -0.326 e. The Morgan fingerprint density at radius 2 is 2.04 bits per heavy atom. The van der Waals surface area contributed by atoms with Crippen LogP contribution >= 0.6 is 0 Å². The normalized spacial score (nSPS) is 17.9. The molecule has 0 aromatic heterocycles. The number of carbonyl (C=O) groups is 1. The zero-order valence-electron chi connectivity index (χ0n) is 13.6. The third-order valence-electron chi connectivity index (χ3n) is 4.38. The van der Waals surface area contributed by atoms with E-state index in [0.717, 1.165) is 32.5 Å². The lowest BCUT2D eigenvalue weighted by Gasteiger charge is -2.32. The molecule has 2 aromatic carbocycles. The molecule has 4 heteroatoms. The molecule has 1 atom stereocenters. The largest absolute Gasteiger partial charge is 0.326 e. The molecule has 122 valence electrons. The predicted molar refractivity (Wildman–Crippen MR) is 94.2 cm³/mol. The van der Waals surface area contributed by atoms with Gasteiger partial charge in [0.25, 0.3) is 0 Å². The number of amides is 1. The fraction of sp³-hybridized carbons (Fsp3) is 0.300. The van der Waals surface area contributed by atoms with Crippen molar-refractivity contribution in [2.45, 2.75) is 19.4 Å². The molecule has 3 rings (SSSR count). The van der Waals surface area contributed by atoms with Gasteiger partial charge in [0.15, 0.2) is 0 Å². The van der Waals surface area contributed by atoms with E-state index in [2.05, 4.69) is 28.4 Å². The number of rotatable bonds is 4. The smallest absolute Gasteiger partial charge is 0.228 e. The van der Waals surface area contributed by atoms with Crippen LogP contribution in [0.15, 0.2) is 54.6 Å². The molecule has 1 aliphatic heterocycles. The lowest BCUT2D eigenvalue weighted by Crippen LogP contribution is -2.40. The first kappa shape index (κ1) is 16.2. The highest BCUT2D eigenvalue weighted by Gasteiger charge is 2.25. The van der Waals surface area contributed by atoms with Crippen LogP contribution in [0, 0.1) is 17.2 Å². The molecule has 2 aromatic rings. The van der Waals surface area contributed by atoms with E-state index >= 15 is 0 Å². The number of nitrogens with one attached hydrogen (secondary N) is 1. The van der Waals surface area contributed by atoms with Crippen LogP contribution in [-0.4, -0.2) is 23.9 Å². The monoisotopic (exact) mass is 319 g/mol. The summed E-state index contributed by atoms with van der Waals surface area (Å²) in [4.78, 5) is 14.9. The van der Waals surface area contributed by atoms with E-state index in [9.17, 15) is 4.79 Å². The Morgan fingerprint density at radius 1 is 1.21 bits per heavy atom. The summed E-state index contributed by atoms with van der Waals surface area (Å²) < 4.78 is 0. The van der Waals surface area contributed by atoms with Gasteiger partial charge in [0.2, 0.25) is 5.91 Å². The summed E-state index contributed by atoms with van der Waals surface area (Å²) >= 11 is 0. The quantitative estimate of drug-likeness (QED) is 0.939. The molecule has 0 bridgehead atoms. The lowest BCUT2D eigenvalue weighted by atomic mass is 9.96. The number of carbonyl (C=O) groups excluding carboxylic acids is 1. The van der Waals surface area contributed by atoms with Gasteiger partial charge in [-0.1, -0.05) is 36.4 Å². The maximum absolute atomic E-state index is 12.5. The van der Waals surface area contributed by atoms with Crippen LogP contribution in [0.4, 0.5) is 5.69 Å². The molecule has 4 nitrogen and oxygen atoms in total. The molecule has 24 heavy (non-hydrogen) atoms. The zero-order chi connectivity index (χ0) is 16.8. The van der Waals surface area contributed by atoms with E-state index < -0.39 is 0 Å². The topological polar surface area (TPSA) is 56.1 Å². The molecule has 0 radical (unpaired) electrons. The molecule has 0 aliphatic carbocycles. The summed E-state index contributed by atoms with van der Waals surface area (Å²) in [5.41, 5.74) is 2.53. The fourth-order valence-corrected chi connectivity index (χ4v) is 3.17. The standard InChI is InChI=1S/C20H21N3O/c21-13-17-8-4-10-19(12-17)22-20(24)18-9-5-11-23(15-18)14-16-6-2-1-3-7-16/h1-4,6-8,10,12,18H,5,9,11,14-15H2,(H,22,24)/t18-/m0/s1. The van der Waals surface area contributed by atoms with E-state index in [1.165, 1.54) is 5.56 Å². The minimum absolute atomic E-state index is 0.00629. The average molecular weight is 319 g/mol. The Labute approximate surface area is 142 Å². The molecule has 1 saturated heterocycles. The van der Waals surface area contributed by atoms with Crippen LogP contribution in [0.25, 0.3) is 0 Å². The van der Waals surface area contributed by atoms with Crippen molar-refractivity contribution < 1.29 is 4.79 Å². The van der Waals surface area contributed by atoms with Crippen molar-refractivity contribution in [1.82, 2.24) is 4.90 Å². The number of anilines is 1. The number of nitriles is 1. The Morgan fingerprint density at radius 3 is 2.83 bits per heavy atom. The molecule has 1 aliphatic rings. The van der Waals surface area contributed by atoms with Crippen molar-refractivity contribution in [1.29, 1.82) is 5.26 Å². The van der Waals surface area contributed by atoms with Gasteiger partial charge >= 0.3 is 0 Å². The van der Waals surface area contributed by atoms with Gasteiger partial charge in [-0.2, -0.15) is 5.26 Å². The van der Waals surface area contributed by atoms with Crippen LogP contribution in [0.3, 0.4) is 0 Å². The molecular formula is C20H21N3O. The second-order valence-corrected chi connectivity index (χ2v) is 6.24. The summed E-state index contributed by atoms with van der Waals surface area (Å²) in [6.45, 7) is 2.69. The van der Waals surface area contributed by atoms with Crippen LogP contribution in [0.1, 0.15) is 24.0 Å². The Bertz CT molecular complexity index is 736. The zero-order valence-corrected chi connectivity index (χ0v) is 13.6. The van der Waals surface area contributed by atoms with Gasteiger partial charge in [0.1, 0.15) is 0 Å². The highest BCUT2D eigenvalue weighted by Crippen LogP contribution is 2.21. The van der Waals surface area contributed by atoms with Crippen LogP contribution < -0.4 is 5.32 Å². The maximum Gasteiger partial charge on any atom is 0.228 e. The first-order valence-corrected chi connectivity index (χ1v) is 8.32. The minimum atomic E-state index is -0.00629. The molecule has 0 saturated carbocycles. The van der Waals surface area contributed by atoms with Gasteiger partial charge in [-0.25, -0.2) is 0 Å². The van der Waals surface area contributed by atoms with Crippen molar-refractivity contribution in [3.63, 3.8) is 0 Å². The first-order valence-electron chi connectivity index (χ1n) is 8.32. The third kappa shape index (κ3) is 4.21. The van der Waals surface area contributed by atoms with E-state index in [-0.39, 0.29) is 11.8 Å². The maximum atomic E-state index is 12.5. The van der Waals surface area contributed by atoms with Gasteiger partial charge in [-0.3, -0.25) is 9.69 Å². The lowest BCUT2D eigenvalue weighted by molar-refractivity contribution is -0.121. The van der Waals surface area contributed by atoms with Gasteiger partial charge < -0.3 is 5.32 Å². The SMILES string of the molecule is N#Cc1cccc(NC(=O)[C@H]2CCCN(Cc3ccccc3)C2)c1. The number of hydrogen-bond donors (Lipinski definition) is 1. The van der Waals surface area contributed by atoms with Crippen molar-refractivity contribution in [2.24, 2.45) is 5.92 Å². The summed E-state index contributed by atoms with van der Waals surface area (Å²) in [6.07, 6.45) is 1.94. The van der Waals surface area contributed by atoms with Gasteiger partial charge in [0, 0.05) is 18.8 Å². The predicted octanol–water partition coefficient (Wildman–Crippen LogP) is 3.41. The second-order valence-electron chi connectivity index (χ2n) is 6.24. The third-order valence-corrected chi connectivity index (χ3v) is 4.38. The Kier molecular flexibility index (Phi) is 5.25. The molecular weight excluding hydrogens is 298 g/mol. The van der Waals surface area contributed by atoms with E-state index in [1.807, 2.05) is 24.3 Å². The molecule has 0 unspecified atom stereocenters. The van der Waals surface area contributed by atoms with Gasteiger partial charge in [0.05, 0.1) is 17.6 Å². The number of nitrogens with zero attached hydrogens (tertiary/aromatic N) is 2. The van der Waals surface area contributed by atoms with E-state index in [1.54, 1.807) is 18.2 Å². The number of benzene rings is 2. The van der Waals surface area contributed by atoms with Crippen LogP contribution in [0.5, 0.6) is 0 Å². The molecule has 1 N–H and O–H groups in total.